The van der Waals surface area contributed by atoms with Gasteiger partial charge < -0.3 is 15.6 Å². The summed E-state index contributed by atoms with van der Waals surface area (Å²) < 4.78 is 39.2. The predicted molar refractivity (Wildman–Crippen MR) is 83.5 cm³/mol. The molecule has 11 heteroatoms. The number of carbonyl (C=O) groups excluding carboxylic acids is 2. The summed E-state index contributed by atoms with van der Waals surface area (Å²) in [4.78, 5) is 40.5. The van der Waals surface area contributed by atoms with E-state index in [4.69, 9.17) is 0 Å². The van der Waals surface area contributed by atoms with Crippen LogP contribution in [-0.2, 0) is 9.59 Å². The first kappa shape index (κ1) is 18.5. The summed E-state index contributed by atoms with van der Waals surface area (Å²) in [5, 5.41) is 4.50. The monoisotopic (exact) mass is 372 g/mol. The van der Waals surface area contributed by atoms with Gasteiger partial charge in [0.2, 0.25) is 11.8 Å². The Labute approximate surface area is 143 Å². The van der Waals surface area contributed by atoms with Gasteiger partial charge in [-0.3, -0.25) is 14.4 Å². The first-order chi connectivity index (χ1) is 11.9. The Morgan fingerprint density at radius 2 is 1.88 bits per heavy atom. The lowest BCUT2D eigenvalue weighted by molar-refractivity contribution is -0.122. The summed E-state index contributed by atoms with van der Waals surface area (Å²) in [6.45, 7) is -0.503. The highest BCUT2D eigenvalue weighted by atomic mass is 32.2. The lowest BCUT2D eigenvalue weighted by atomic mass is 10.2. The number of aromatic amines is 1. The van der Waals surface area contributed by atoms with Crippen molar-refractivity contribution in [1.29, 1.82) is 0 Å². The molecule has 0 radical (unpaired) electrons. The Balaban J connectivity index is 1.80. The molecule has 0 spiro atoms. The second kappa shape index (κ2) is 8.33. The smallest absolute Gasteiger partial charge is 0.251 e. The fourth-order valence-electron chi connectivity index (χ4n) is 1.61. The average Bonchev–Trinajstić information content (AvgIpc) is 2.59. The molecule has 0 aliphatic rings. The largest absolute Gasteiger partial charge is 0.346 e. The van der Waals surface area contributed by atoms with E-state index in [9.17, 15) is 27.6 Å². The molecular weight excluding hydrogens is 361 g/mol. The van der Waals surface area contributed by atoms with Gasteiger partial charge in [0.05, 0.1) is 18.0 Å². The zero-order valence-electron chi connectivity index (χ0n) is 12.4. The lowest BCUT2D eigenvalue weighted by Gasteiger charge is -2.08. The van der Waals surface area contributed by atoms with E-state index in [-0.39, 0.29) is 16.5 Å². The van der Waals surface area contributed by atoms with E-state index < -0.39 is 41.5 Å². The molecule has 0 saturated carbocycles. The van der Waals surface area contributed by atoms with Crippen molar-refractivity contribution >= 4 is 29.3 Å². The SMILES string of the molecule is O=C(CSc1nccc(=O)[nH]1)NCC(=O)Nc1ccc(F)c(F)c1F. The van der Waals surface area contributed by atoms with E-state index in [1.807, 2.05) is 5.32 Å². The third-order valence-corrected chi connectivity index (χ3v) is 3.63. The minimum Gasteiger partial charge on any atom is -0.346 e. The van der Waals surface area contributed by atoms with Crippen LogP contribution in [0, 0.1) is 17.5 Å². The van der Waals surface area contributed by atoms with Gasteiger partial charge in [-0.05, 0) is 12.1 Å². The van der Waals surface area contributed by atoms with E-state index in [0.717, 1.165) is 17.8 Å². The molecule has 0 aliphatic carbocycles. The number of hydrogen-bond donors (Lipinski definition) is 3. The Kier molecular flexibility index (Phi) is 6.17. The van der Waals surface area contributed by atoms with Crippen molar-refractivity contribution in [2.45, 2.75) is 5.16 Å². The summed E-state index contributed by atoms with van der Waals surface area (Å²) in [5.41, 5.74) is -0.913. The van der Waals surface area contributed by atoms with E-state index >= 15 is 0 Å². The number of halogens is 3. The molecule has 2 aromatic rings. The highest BCUT2D eigenvalue weighted by molar-refractivity contribution is 7.99. The van der Waals surface area contributed by atoms with Crippen molar-refractivity contribution in [3.8, 4) is 0 Å². The van der Waals surface area contributed by atoms with Gasteiger partial charge in [0.25, 0.3) is 5.56 Å². The van der Waals surface area contributed by atoms with E-state index in [2.05, 4.69) is 15.3 Å². The zero-order chi connectivity index (χ0) is 18.4. The first-order valence-corrected chi connectivity index (χ1v) is 7.73. The summed E-state index contributed by atoms with van der Waals surface area (Å²) in [5.74, 6) is -6.11. The summed E-state index contributed by atoms with van der Waals surface area (Å²) >= 11 is 0.943. The van der Waals surface area contributed by atoms with Gasteiger partial charge in [-0.1, -0.05) is 11.8 Å². The van der Waals surface area contributed by atoms with Gasteiger partial charge in [0, 0.05) is 12.3 Å². The highest BCUT2D eigenvalue weighted by Crippen LogP contribution is 2.19. The average molecular weight is 372 g/mol. The maximum Gasteiger partial charge on any atom is 0.251 e. The van der Waals surface area contributed by atoms with Crippen LogP contribution < -0.4 is 16.2 Å². The lowest BCUT2D eigenvalue weighted by Crippen LogP contribution is -2.34. The van der Waals surface area contributed by atoms with Crippen molar-refractivity contribution in [2.75, 3.05) is 17.6 Å². The van der Waals surface area contributed by atoms with Crippen LogP contribution in [0.2, 0.25) is 0 Å². The van der Waals surface area contributed by atoms with Gasteiger partial charge in [0.15, 0.2) is 22.6 Å². The minimum atomic E-state index is -1.71. The summed E-state index contributed by atoms with van der Waals surface area (Å²) in [7, 11) is 0. The topological polar surface area (TPSA) is 104 Å². The summed E-state index contributed by atoms with van der Waals surface area (Å²) in [6.07, 6.45) is 1.28. The number of hydrogen-bond acceptors (Lipinski definition) is 5. The molecule has 0 aliphatic heterocycles. The number of anilines is 1. The number of thioether (sulfide) groups is 1. The van der Waals surface area contributed by atoms with Crippen molar-refractivity contribution < 1.29 is 22.8 Å². The highest BCUT2D eigenvalue weighted by Gasteiger charge is 2.15. The third kappa shape index (κ3) is 5.35. The fraction of sp³-hybridized carbons (Fsp3) is 0.143. The van der Waals surface area contributed by atoms with Crippen molar-refractivity contribution in [3.05, 3.63) is 52.2 Å². The maximum absolute atomic E-state index is 13.4. The molecule has 0 saturated heterocycles. The molecule has 0 atom stereocenters. The normalized spacial score (nSPS) is 10.4. The second-order valence-corrected chi connectivity index (χ2v) is 5.54. The molecule has 0 bridgehead atoms. The molecule has 132 valence electrons. The number of amides is 2. The van der Waals surface area contributed by atoms with Crippen LogP contribution in [0.1, 0.15) is 0 Å². The van der Waals surface area contributed by atoms with Gasteiger partial charge in [-0.2, -0.15) is 0 Å². The first-order valence-electron chi connectivity index (χ1n) is 6.75. The van der Waals surface area contributed by atoms with Crippen LogP contribution in [0.15, 0.2) is 34.3 Å². The van der Waals surface area contributed by atoms with Crippen LogP contribution in [0.25, 0.3) is 0 Å². The molecular formula is C14H11F3N4O3S. The number of nitrogens with one attached hydrogen (secondary N) is 3. The predicted octanol–water partition coefficient (Wildman–Crippen LogP) is 1.03. The molecule has 0 fully saturated rings. The van der Waals surface area contributed by atoms with E-state index in [1.165, 1.54) is 12.3 Å². The number of rotatable bonds is 6. The van der Waals surface area contributed by atoms with E-state index in [0.29, 0.717) is 6.07 Å². The molecule has 25 heavy (non-hydrogen) atoms. The zero-order valence-corrected chi connectivity index (χ0v) is 13.3. The molecule has 3 N–H and O–H groups in total. The van der Waals surface area contributed by atoms with E-state index in [1.54, 1.807) is 0 Å². The van der Waals surface area contributed by atoms with Crippen molar-refractivity contribution in [3.63, 3.8) is 0 Å². The molecule has 1 aromatic heterocycles. The van der Waals surface area contributed by atoms with Crippen LogP contribution in [0.4, 0.5) is 18.9 Å². The van der Waals surface area contributed by atoms with Gasteiger partial charge in [-0.15, -0.1) is 0 Å². The Morgan fingerprint density at radius 1 is 1.12 bits per heavy atom. The number of nitrogens with zero attached hydrogens (tertiary/aromatic N) is 1. The molecule has 2 rings (SSSR count). The Morgan fingerprint density at radius 3 is 2.60 bits per heavy atom. The van der Waals surface area contributed by atoms with Crippen molar-refractivity contribution in [1.82, 2.24) is 15.3 Å². The molecule has 2 amide bonds. The van der Waals surface area contributed by atoms with Crippen LogP contribution in [0.5, 0.6) is 0 Å². The number of H-pyrrole nitrogens is 1. The standard InChI is InChI=1S/C14H11F3N4O3S/c15-7-1-2-8(13(17)12(7)16)20-10(23)5-19-11(24)6-25-14-18-4-3-9(22)21-14/h1-4H,5-6H2,(H,19,24)(H,20,23)(H,18,21,22). The number of aromatic nitrogens is 2. The van der Waals surface area contributed by atoms with Crippen LogP contribution >= 0.6 is 11.8 Å². The number of benzene rings is 1. The molecule has 1 aromatic carbocycles. The molecule has 0 unspecified atom stereocenters. The Bertz CT molecular complexity index is 859. The quantitative estimate of drug-likeness (QED) is 0.399. The van der Waals surface area contributed by atoms with Crippen LogP contribution in [-0.4, -0.2) is 34.1 Å². The van der Waals surface area contributed by atoms with Gasteiger partial charge >= 0.3 is 0 Å². The second-order valence-electron chi connectivity index (χ2n) is 4.58. The third-order valence-electron chi connectivity index (χ3n) is 2.74. The Hall–Kier alpha value is -2.82. The minimum absolute atomic E-state index is 0.125. The number of carbonyl (C=O) groups is 2. The molecule has 1 heterocycles. The maximum atomic E-state index is 13.4. The van der Waals surface area contributed by atoms with Gasteiger partial charge in [-0.25, -0.2) is 18.2 Å². The van der Waals surface area contributed by atoms with Gasteiger partial charge in [0.1, 0.15) is 0 Å². The fourth-order valence-corrected chi connectivity index (χ4v) is 2.28. The summed E-state index contributed by atoms with van der Waals surface area (Å²) in [6, 6.07) is 2.74. The molecule has 7 nitrogen and oxygen atoms in total. The van der Waals surface area contributed by atoms with Crippen molar-refractivity contribution in [2.24, 2.45) is 0 Å². The van der Waals surface area contributed by atoms with Crippen LogP contribution in [0.3, 0.4) is 0 Å².